The maximum Gasteiger partial charge on any atom is 0.120 e. The number of allylic oxidation sites excluding steroid dienone is 3. The lowest BCUT2D eigenvalue weighted by Gasteiger charge is -2.21. The fourth-order valence-corrected chi connectivity index (χ4v) is 2.30. The van der Waals surface area contributed by atoms with Crippen molar-refractivity contribution < 1.29 is 0 Å². The first kappa shape index (κ1) is 12.1. The average molecular weight is 231 g/mol. The van der Waals surface area contributed by atoms with Gasteiger partial charge >= 0.3 is 0 Å². The zero-order valence-electron chi connectivity index (χ0n) is 10.4. The Morgan fingerprint density at radius 2 is 2.41 bits per heavy atom. The van der Waals surface area contributed by atoms with Crippen molar-refractivity contribution in [3.8, 4) is 0 Å². The average Bonchev–Trinajstić information content (AvgIpc) is 2.85. The zero-order chi connectivity index (χ0) is 11.9. The van der Waals surface area contributed by atoms with Crippen LogP contribution in [-0.4, -0.2) is 16.5 Å². The normalized spacial score (nSPS) is 19.4. The summed E-state index contributed by atoms with van der Waals surface area (Å²) in [6.45, 7) is 4.04. The van der Waals surface area contributed by atoms with E-state index in [1.165, 1.54) is 24.8 Å². The van der Waals surface area contributed by atoms with Crippen molar-refractivity contribution in [1.82, 2.24) is 15.3 Å². The van der Waals surface area contributed by atoms with Crippen LogP contribution in [0.5, 0.6) is 0 Å². The summed E-state index contributed by atoms with van der Waals surface area (Å²) in [6.07, 6.45) is 14.1. The first-order chi connectivity index (χ1) is 8.40. The number of aromatic amines is 1. The molecule has 2 N–H and O–H groups in total. The molecule has 0 saturated carbocycles. The van der Waals surface area contributed by atoms with Gasteiger partial charge in [-0.3, -0.25) is 0 Å². The number of aromatic nitrogens is 2. The molecule has 92 valence electrons. The van der Waals surface area contributed by atoms with E-state index in [1.807, 2.05) is 6.20 Å². The van der Waals surface area contributed by atoms with E-state index < -0.39 is 0 Å². The van der Waals surface area contributed by atoms with Crippen LogP contribution >= 0.6 is 0 Å². The molecule has 0 aliphatic heterocycles. The van der Waals surface area contributed by atoms with E-state index in [9.17, 15) is 0 Å². The highest BCUT2D eigenvalue weighted by atomic mass is 15.0. The highest BCUT2D eigenvalue weighted by Crippen LogP contribution is 2.24. The molecule has 2 rings (SSSR count). The van der Waals surface area contributed by atoms with Crippen LogP contribution in [-0.2, 0) is 6.54 Å². The molecule has 0 saturated heterocycles. The van der Waals surface area contributed by atoms with Gasteiger partial charge in [0, 0.05) is 18.9 Å². The second-order valence-corrected chi connectivity index (χ2v) is 4.53. The summed E-state index contributed by atoms with van der Waals surface area (Å²) in [5.41, 5.74) is 1.53. The third-order valence-electron chi connectivity index (χ3n) is 3.20. The largest absolute Gasteiger partial charge is 0.348 e. The quantitative estimate of drug-likeness (QED) is 0.790. The van der Waals surface area contributed by atoms with Crippen molar-refractivity contribution >= 4 is 0 Å². The Morgan fingerprint density at radius 1 is 1.47 bits per heavy atom. The molecule has 0 radical (unpaired) electrons. The van der Waals surface area contributed by atoms with Gasteiger partial charge in [-0.1, -0.05) is 37.1 Å². The Hall–Kier alpha value is -1.35. The van der Waals surface area contributed by atoms with Crippen LogP contribution in [0.3, 0.4) is 0 Å². The second-order valence-electron chi connectivity index (χ2n) is 4.53. The fourth-order valence-electron chi connectivity index (χ4n) is 2.30. The van der Waals surface area contributed by atoms with Crippen molar-refractivity contribution in [2.24, 2.45) is 5.92 Å². The number of H-pyrrole nitrogens is 1. The smallest absolute Gasteiger partial charge is 0.120 e. The molecule has 1 atom stereocenters. The van der Waals surface area contributed by atoms with Gasteiger partial charge < -0.3 is 10.3 Å². The Kier molecular flexibility index (Phi) is 4.56. The van der Waals surface area contributed by atoms with Crippen molar-refractivity contribution in [3.05, 3.63) is 42.0 Å². The fraction of sp³-hybridized carbons (Fsp3) is 0.500. The van der Waals surface area contributed by atoms with Crippen molar-refractivity contribution in [3.63, 3.8) is 0 Å². The van der Waals surface area contributed by atoms with E-state index in [1.54, 1.807) is 6.20 Å². The molecule has 0 fully saturated rings. The highest BCUT2D eigenvalue weighted by Gasteiger charge is 2.13. The Bertz CT molecular complexity index is 376. The Morgan fingerprint density at radius 3 is 3.18 bits per heavy atom. The molecule has 0 bridgehead atoms. The van der Waals surface area contributed by atoms with E-state index in [0.717, 1.165) is 24.8 Å². The van der Waals surface area contributed by atoms with E-state index >= 15 is 0 Å². The van der Waals surface area contributed by atoms with Gasteiger partial charge in [-0.2, -0.15) is 0 Å². The van der Waals surface area contributed by atoms with E-state index in [4.69, 9.17) is 0 Å². The summed E-state index contributed by atoms with van der Waals surface area (Å²) in [5.74, 6) is 1.73. The SMILES string of the molecule is CCCC1CC=CC=C1CNCc1ncc[nH]1. The number of rotatable bonds is 6. The number of hydrogen-bond acceptors (Lipinski definition) is 2. The minimum atomic E-state index is 0.731. The number of nitrogens with one attached hydrogen (secondary N) is 2. The number of hydrogen-bond donors (Lipinski definition) is 2. The van der Waals surface area contributed by atoms with Gasteiger partial charge in [-0.15, -0.1) is 0 Å². The van der Waals surface area contributed by atoms with Crippen LogP contribution in [0.4, 0.5) is 0 Å². The molecule has 0 spiro atoms. The molecule has 17 heavy (non-hydrogen) atoms. The molecule has 1 unspecified atom stereocenters. The summed E-state index contributed by atoms with van der Waals surface area (Å²) >= 11 is 0. The van der Waals surface area contributed by atoms with Gasteiger partial charge in [0.25, 0.3) is 0 Å². The van der Waals surface area contributed by atoms with Crippen LogP contribution in [0.15, 0.2) is 36.2 Å². The lowest BCUT2D eigenvalue weighted by atomic mass is 9.88. The maximum atomic E-state index is 4.20. The molecule has 0 aromatic carbocycles. The molecular weight excluding hydrogens is 210 g/mol. The predicted molar refractivity (Wildman–Crippen MR) is 70.5 cm³/mol. The molecule has 1 aliphatic rings. The Labute approximate surface area is 103 Å². The van der Waals surface area contributed by atoms with Gasteiger partial charge in [0.2, 0.25) is 0 Å². The Balaban J connectivity index is 1.80. The first-order valence-corrected chi connectivity index (χ1v) is 6.44. The lowest BCUT2D eigenvalue weighted by molar-refractivity contribution is 0.526. The van der Waals surface area contributed by atoms with Gasteiger partial charge in [0.05, 0.1) is 6.54 Å². The van der Waals surface area contributed by atoms with Crippen molar-refractivity contribution in [2.45, 2.75) is 32.7 Å². The molecule has 3 nitrogen and oxygen atoms in total. The topological polar surface area (TPSA) is 40.7 Å². The van der Waals surface area contributed by atoms with Gasteiger partial charge in [0.1, 0.15) is 5.82 Å². The first-order valence-electron chi connectivity index (χ1n) is 6.44. The van der Waals surface area contributed by atoms with Crippen LogP contribution in [0, 0.1) is 5.92 Å². The van der Waals surface area contributed by atoms with Crippen molar-refractivity contribution in [1.29, 1.82) is 0 Å². The van der Waals surface area contributed by atoms with E-state index in [2.05, 4.69) is 40.4 Å². The third kappa shape index (κ3) is 3.56. The molecule has 1 aromatic heterocycles. The predicted octanol–water partition coefficient (Wildman–Crippen LogP) is 2.80. The molecule has 1 aliphatic carbocycles. The third-order valence-corrected chi connectivity index (χ3v) is 3.20. The summed E-state index contributed by atoms with van der Waals surface area (Å²) in [7, 11) is 0. The molecule has 1 aromatic rings. The lowest BCUT2D eigenvalue weighted by Crippen LogP contribution is -2.22. The van der Waals surface area contributed by atoms with Crippen LogP contribution in [0.2, 0.25) is 0 Å². The summed E-state index contributed by atoms with van der Waals surface area (Å²) in [5, 5.41) is 3.45. The molecular formula is C14H21N3. The van der Waals surface area contributed by atoms with Crippen LogP contribution < -0.4 is 5.32 Å². The maximum absolute atomic E-state index is 4.20. The van der Waals surface area contributed by atoms with Crippen LogP contribution in [0.25, 0.3) is 0 Å². The number of imidazole rings is 1. The van der Waals surface area contributed by atoms with Crippen LogP contribution in [0.1, 0.15) is 32.0 Å². The second kappa shape index (κ2) is 6.40. The standard InChI is InChI=1S/C14H21N3/c1-2-5-12-6-3-4-7-13(12)10-15-11-14-16-8-9-17-14/h3-4,7-9,12,15H,2,5-6,10-11H2,1H3,(H,16,17). The van der Waals surface area contributed by atoms with E-state index in [0.29, 0.717) is 0 Å². The zero-order valence-corrected chi connectivity index (χ0v) is 10.4. The molecule has 3 heteroatoms. The van der Waals surface area contributed by atoms with Gasteiger partial charge in [0.15, 0.2) is 0 Å². The monoisotopic (exact) mass is 231 g/mol. The minimum absolute atomic E-state index is 0.731. The minimum Gasteiger partial charge on any atom is -0.348 e. The molecule has 1 heterocycles. The van der Waals surface area contributed by atoms with Crippen molar-refractivity contribution in [2.75, 3.05) is 6.54 Å². The number of nitrogens with zero attached hydrogens (tertiary/aromatic N) is 1. The van der Waals surface area contributed by atoms with Gasteiger partial charge in [-0.25, -0.2) is 4.98 Å². The summed E-state index contributed by atoms with van der Waals surface area (Å²) in [4.78, 5) is 7.31. The molecule has 0 amide bonds. The highest BCUT2D eigenvalue weighted by molar-refractivity contribution is 5.22. The summed E-state index contributed by atoms with van der Waals surface area (Å²) in [6, 6.07) is 0. The van der Waals surface area contributed by atoms with E-state index in [-0.39, 0.29) is 0 Å². The summed E-state index contributed by atoms with van der Waals surface area (Å²) < 4.78 is 0. The van der Waals surface area contributed by atoms with Gasteiger partial charge in [-0.05, 0) is 18.8 Å².